The molecule has 0 aliphatic rings. The SMILES string of the molecule is COc1ccccc1NC(=O)NCCCOc1ccc(Br)cc1Cl. The van der Waals surface area contributed by atoms with Gasteiger partial charge >= 0.3 is 6.03 Å². The highest BCUT2D eigenvalue weighted by atomic mass is 79.9. The summed E-state index contributed by atoms with van der Waals surface area (Å²) in [4.78, 5) is 11.9. The van der Waals surface area contributed by atoms with Crippen molar-refractivity contribution < 1.29 is 14.3 Å². The van der Waals surface area contributed by atoms with Gasteiger partial charge < -0.3 is 20.1 Å². The zero-order valence-electron chi connectivity index (χ0n) is 13.1. The molecule has 2 aromatic carbocycles. The van der Waals surface area contributed by atoms with Crippen LogP contribution in [0.3, 0.4) is 0 Å². The van der Waals surface area contributed by atoms with E-state index < -0.39 is 0 Å². The van der Waals surface area contributed by atoms with E-state index in [9.17, 15) is 4.79 Å². The third-order valence-corrected chi connectivity index (χ3v) is 3.90. The molecule has 24 heavy (non-hydrogen) atoms. The standard InChI is InChI=1S/C17H18BrClN2O3/c1-23-16-6-3-2-5-14(16)21-17(22)20-9-4-10-24-15-8-7-12(18)11-13(15)19/h2-3,5-8,11H,4,9-10H2,1H3,(H2,20,21,22). The molecule has 0 aromatic heterocycles. The topological polar surface area (TPSA) is 59.6 Å². The molecule has 0 aliphatic heterocycles. The summed E-state index contributed by atoms with van der Waals surface area (Å²) in [5.41, 5.74) is 0.621. The summed E-state index contributed by atoms with van der Waals surface area (Å²) in [6, 6.07) is 12.4. The van der Waals surface area contributed by atoms with Crippen LogP contribution >= 0.6 is 27.5 Å². The summed E-state index contributed by atoms with van der Waals surface area (Å²) in [5.74, 6) is 1.24. The van der Waals surface area contributed by atoms with Gasteiger partial charge in [-0.3, -0.25) is 0 Å². The van der Waals surface area contributed by atoms with Gasteiger partial charge in [0.15, 0.2) is 0 Å². The molecule has 0 heterocycles. The number of amides is 2. The van der Waals surface area contributed by atoms with E-state index in [2.05, 4.69) is 26.6 Å². The average molecular weight is 414 g/mol. The van der Waals surface area contributed by atoms with Crippen LogP contribution in [0.1, 0.15) is 6.42 Å². The molecule has 0 saturated carbocycles. The minimum atomic E-state index is -0.291. The number of urea groups is 1. The maximum atomic E-state index is 11.9. The van der Waals surface area contributed by atoms with Gasteiger partial charge in [-0.15, -0.1) is 0 Å². The lowest BCUT2D eigenvalue weighted by Gasteiger charge is -2.11. The number of nitrogens with one attached hydrogen (secondary N) is 2. The van der Waals surface area contributed by atoms with E-state index in [4.69, 9.17) is 21.1 Å². The monoisotopic (exact) mass is 412 g/mol. The predicted molar refractivity (Wildman–Crippen MR) is 99.3 cm³/mol. The quantitative estimate of drug-likeness (QED) is 0.647. The summed E-state index contributed by atoms with van der Waals surface area (Å²) in [6.07, 6.45) is 0.658. The van der Waals surface area contributed by atoms with Gasteiger partial charge in [0.2, 0.25) is 0 Å². The molecule has 2 aromatic rings. The van der Waals surface area contributed by atoms with Crippen LogP contribution in [0.2, 0.25) is 5.02 Å². The highest BCUT2D eigenvalue weighted by molar-refractivity contribution is 9.10. The maximum Gasteiger partial charge on any atom is 0.319 e. The number of methoxy groups -OCH3 is 1. The molecular formula is C17H18BrClN2O3. The van der Waals surface area contributed by atoms with Crippen molar-refractivity contribution in [2.45, 2.75) is 6.42 Å². The number of carbonyl (C=O) groups is 1. The van der Waals surface area contributed by atoms with Crippen LogP contribution in [0, 0.1) is 0 Å². The van der Waals surface area contributed by atoms with E-state index in [1.165, 1.54) is 0 Å². The zero-order valence-corrected chi connectivity index (χ0v) is 15.5. The molecule has 2 N–H and O–H groups in total. The number of hydrogen-bond acceptors (Lipinski definition) is 3. The van der Waals surface area contributed by atoms with E-state index in [-0.39, 0.29) is 6.03 Å². The molecule has 5 nitrogen and oxygen atoms in total. The number of ether oxygens (including phenoxy) is 2. The number of carbonyl (C=O) groups excluding carboxylic acids is 1. The zero-order chi connectivity index (χ0) is 17.4. The van der Waals surface area contributed by atoms with Gasteiger partial charge in [-0.1, -0.05) is 39.7 Å². The van der Waals surface area contributed by atoms with Gasteiger partial charge in [-0.2, -0.15) is 0 Å². The Balaban J connectivity index is 1.69. The summed E-state index contributed by atoms with van der Waals surface area (Å²) < 4.78 is 11.7. The van der Waals surface area contributed by atoms with E-state index >= 15 is 0 Å². The number of anilines is 1. The van der Waals surface area contributed by atoms with Crippen molar-refractivity contribution >= 4 is 39.2 Å². The molecule has 0 aliphatic carbocycles. The second-order valence-corrected chi connectivity index (χ2v) is 6.18. The second kappa shape index (κ2) is 9.39. The summed E-state index contributed by atoms with van der Waals surface area (Å²) in [5, 5.41) is 6.06. The number of para-hydroxylation sites is 2. The van der Waals surface area contributed by atoms with Gasteiger partial charge in [-0.05, 0) is 36.8 Å². The first-order valence-corrected chi connectivity index (χ1v) is 8.53. The summed E-state index contributed by atoms with van der Waals surface area (Å²) in [6.45, 7) is 0.936. The Kier molecular flexibility index (Phi) is 7.21. The van der Waals surface area contributed by atoms with Crippen molar-refractivity contribution in [1.29, 1.82) is 0 Å². The Morgan fingerprint density at radius 3 is 2.75 bits per heavy atom. The van der Waals surface area contributed by atoms with Crippen LogP contribution < -0.4 is 20.1 Å². The highest BCUT2D eigenvalue weighted by Crippen LogP contribution is 2.27. The van der Waals surface area contributed by atoms with Crippen LogP contribution in [-0.2, 0) is 0 Å². The van der Waals surface area contributed by atoms with Crippen molar-refractivity contribution in [3.8, 4) is 11.5 Å². The molecule has 0 radical (unpaired) electrons. The Morgan fingerprint density at radius 2 is 2.00 bits per heavy atom. The van der Waals surface area contributed by atoms with Gasteiger partial charge in [0.05, 0.1) is 24.4 Å². The average Bonchev–Trinajstić information content (AvgIpc) is 2.57. The summed E-state index contributed by atoms with van der Waals surface area (Å²) in [7, 11) is 1.56. The van der Waals surface area contributed by atoms with Crippen molar-refractivity contribution in [3.63, 3.8) is 0 Å². The molecule has 0 fully saturated rings. The van der Waals surface area contributed by atoms with E-state index in [1.54, 1.807) is 31.4 Å². The van der Waals surface area contributed by atoms with Crippen molar-refractivity contribution in [1.82, 2.24) is 5.32 Å². The first-order valence-electron chi connectivity index (χ1n) is 7.36. The van der Waals surface area contributed by atoms with E-state index in [0.29, 0.717) is 41.8 Å². The third kappa shape index (κ3) is 5.62. The van der Waals surface area contributed by atoms with Gasteiger partial charge in [0.25, 0.3) is 0 Å². The number of rotatable bonds is 7. The Hall–Kier alpha value is -1.92. The number of hydrogen-bond donors (Lipinski definition) is 2. The lowest BCUT2D eigenvalue weighted by molar-refractivity contribution is 0.250. The minimum absolute atomic E-state index is 0.291. The van der Waals surface area contributed by atoms with Gasteiger partial charge in [0.1, 0.15) is 11.5 Å². The first-order chi connectivity index (χ1) is 11.6. The Morgan fingerprint density at radius 1 is 1.21 bits per heavy atom. The lowest BCUT2D eigenvalue weighted by atomic mass is 10.3. The van der Waals surface area contributed by atoms with Crippen molar-refractivity contribution in [2.75, 3.05) is 25.6 Å². The maximum absolute atomic E-state index is 11.9. The number of benzene rings is 2. The van der Waals surface area contributed by atoms with Crippen molar-refractivity contribution in [2.24, 2.45) is 0 Å². The second-order valence-electron chi connectivity index (χ2n) is 4.86. The lowest BCUT2D eigenvalue weighted by Crippen LogP contribution is -2.30. The fraction of sp³-hybridized carbons (Fsp3) is 0.235. The third-order valence-electron chi connectivity index (χ3n) is 3.11. The normalized spacial score (nSPS) is 10.1. The molecule has 0 spiro atoms. The molecule has 0 unspecified atom stereocenters. The van der Waals surface area contributed by atoms with E-state index in [0.717, 1.165) is 4.47 Å². The molecule has 2 amide bonds. The van der Waals surface area contributed by atoms with Crippen LogP contribution in [0.25, 0.3) is 0 Å². The predicted octanol–water partition coefficient (Wildman–Crippen LogP) is 4.70. The van der Waals surface area contributed by atoms with Crippen molar-refractivity contribution in [3.05, 3.63) is 52.0 Å². The molecule has 128 valence electrons. The van der Waals surface area contributed by atoms with Crippen LogP contribution in [0.4, 0.5) is 10.5 Å². The largest absolute Gasteiger partial charge is 0.495 e. The molecule has 0 bridgehead atoms. The fourth-order valence-corrected chi connectivity index (χ4v) is 2.69. The van der Waals surface area contributed by atoms with Crippen LogP contribution in [0.15, 0.2) is 46.9 Å². The van der Waals surface area contributed by atoms with Gasteiger partial charge in [-0.25, -0.2) is 4.79 Å². The molecule has 7 heteroatoms. The Labute approximate surface area is 154 Å². The smallest absolute Gasteiger partial charge is 0.319 e. The Bertz CT molecular complexity index is 697. The summed E-state index contributed by atoms with van der Waals surface area (Å²) >= 11 is 9.40. The minimum Gasteiger partial charge on any atom is -0.495 e. The molecular weight excluding hydrogens is 396 g/mol. The van der Waals surface area contributed by atoms with E-state index in [1.807, 2.05) is 18.2 Å². The number of halogens is 2. The molecule has 0 saturated heterocycles. The van der Waals surface area contributed by atoms with Crippen LogP contribution in [0.5, 0.6) is 11.5 Å². The molecule has 0 atom stereocenters. The van der Waals surface area contributed by atoms with Crippen LogP contribution in [-0.4, -0.2) is 26.3 Å². The first kappa shape index (κ1) is 18.4. The van der Waals surface area contributed by atoms with Gasteiger partial charge in [0, 0.05) is 11.0 Å². The highest BCUT2D eigenvalue weighted by Gasteiger charge is 2.06. The molecule has 2 rings (SSSR count). The fourth-order valence-electron chi connectivity index (χ4n) is 1.96.